The molecule has 1 aromatic heterocycles. The summed E-state index contributed by atoms with van der Waals surface area (Å²) in [6, 6.07) is 12.1. The van der Waals surface area contributed by atoms with Crippen molar-refractivity contribution in [2.45, 2.75) is 6.92 Å². The van der Waals surface area contributed by atoms with Gasteiger partial charge in [-0.2, -0.15) is 0 Å². The lowest BCUT2D eigenvalue weighted by Crippen LogP contribution is -1.93. The average Bonchev–Trinajstić information content (AvgIpc) is 2.82. The number of halogens is 1. The molecule has 0 amide bonds. The number of nitrogens with zero attached hydrogens (tertiary/aromatic N) is 1. The molecule has 3 nitrogen and oxygen atoms in total. The molecule has 0 atom stereocenters. The van der Waals surface area contributed by atoms with E-state index in [2.05, 4.69) is 39.2 Å². The molecular weight excluding hydrogens is 336 g/mol. The van der Waals surface area contributed by atoms with Gasteiger partial charge in [-0.3, -0.25) is 0 Å². The number of hydrogen-bond donors (Lipinski definition) is 1. The Morgan fingerprint density at radius 2 is 2.05 bits per heavy atom. The predicted octanol–water partition coefficient (Wildman–Crippen LogP) is 5.12. The van der Waals surface area contributed by atoms with Gasteiger partial charge < -0.3 is 10.1 Å². The van der Waals surface area contributed by atoms with Gasteiger partial charge in [0.25, 0.3) is 0 Å². The smallest absolute Gasteiger partial charge is 0.188 e. The van der Waals surface area contributed by atoms with E-state index in [1.807, 2.05) is 30.3 Å². The summed E-state index contributed by atoms with van der Waals surface area (Å²) in [6.07, 6.45) is 0. The number of rotatable bonds is 3. The Morgan fingerprint density at radius 1 is 1.20 bits per heavy atom. The molecule has 0 saturated carbocycles. The third-order valence-electron chi connectivity index (χ3n) is 3.02. The standard InChI is InChI=1S/C15H13BrN2OS/c1-9-7-11(19-2)4-5-12(9)17-15-18-13-8-10(16)3-6-14(13)20-15/h3-8H,1-2H3,(H,17,18). The third kappa shape index (κ3) is 2.64. The highest BCUT2D eigenvalue weighted by molar-refractivity contribution is 9.10. The molecule has 3 aromatic rings. The van der Waals surface area contributed by atoms with Gasteiger partial charge in [-0.1, -0.05) is 27.3 Å². The molecule has 0 unspecified atom stereocenters. The largest absolute Gasteiger partial charge is 0.497 e. The third-order valence-corrected chi connectivity index (χ3v) is 4.47. The fourth-order valence-corrected chi connectivity index (χ4v) is 3.18. The monoisotopic (exact) mass is 348 g/mol. The Morgan fingerprint density at radius 3 is 2.80 bits per heavy atom. The van der Waals surface area contributed by atoms with Crippen LogP contribution in [-0.2, 0) is 0 Å². The molecule has 20 heavy (non-hydrogen) atoms. The summed E-state index contributed by atoms with van der Waals surface area (Å²) in [7, 11) is 1.67. The second-order valence-corrected chi connectivity index (χ2v) is 6.38. The lowest BCUT2D eigenvalue weighted by Gasteiger charge is -2.08. The summed E-state index contributed by atoms with van der Waals surface area (Å²) in [5, 5.41) is 4.26. The minimum absolute atomic E-state index is 0.862. The molecule has 0 spiro atoms. The zero-order chi connectivity index (χ0) is 14.1. The lowest BCUT2D eigenvalue weighted by atomic mass is 10.2. The second kappa shape index (κ2) is 5.42. The van der Waals surface area contributed by atoms with Gasteiger partial charge in [-0.25, -0.2) is 4.98 Å². The van der Waals surface area contributed by atoms with Crippen LogP contribution in [0.3, 0.4) is 0 Å². The molecular formula is C15H13BrN2OS. The SMILES string of the molecule is COc1ccc(Nc2nc3cc(Br)ccc3s2)c(C)c1. The topological polar surface area (TPSA) is 34.1 Å². The van der Waals surface area contributed by atoms with Crippen molar-refractivity contribution in [3.63, 3.8) is 0 Å². The van der Waals surface area contributed by atoms with Crippen LogP contribution in [0.5, 0.6) is 5.75 Å². The molecule has 5 heteroatoms. The van der Waals surface area contributed by atoms with Gasteiger partial charge in [-0.05, 0) is 48.9 Å². The maximum atomic E-state index is 5.22. The Kier molecular flexibility index (Phi) is 3.63. The molecule has 0 aliphatic heterocycles. The highest BCUT2D eigenvalue weighted by Crippen LogP contribution is 2.31. The highest BCUT2D eigenvalue weighted by atomic mass is 79.9. The van der Waals surface area contributed by atoms with Crippen molar-refractivity contribution in [2.24, 2.45) is 0 Å². The molecule has 3 rings (SSSR count). The van der Waals surface area contributed by atoms with Gasteiger partial charge >= 0.3 is 0 Å². The summed E-state index contributed by atoms with van der Waals surface area (Å²) < 4.78 is 7.43. The molecule has 1 N–H and O–H groups in total. The van der Waals surface area contributed by atoms with Crippen molar-refractivity contribution >= 4 is 48.3 Å². The lowest BCUT2D eigenvalue weighted by molar-refractivity contribution is 0.414. The van der Waals surface area contributed by atoms with Crippen molar-refractivity contribution in [2.75, 3.05) is 12.4 Å². The first-order chi connectivity index (χ1) is 9.65. The maximum Gasteiger partial charge on any atom is 0.188 e. The number of aromatic nitrogens is 1. The second-order valence-electron chi connectivity index (χ2n) is 4.44. The summed E-state index contributed by atoms with van der Waals surface area (Å²) in [4.78, 5) is 4.60. The van der Waals surface area contributed by atoms with Crippen molar-refractivity contribution in [1.29, 1.82) is 0 Å². The van der Waals surface area contributed by atoms with E-state index < -0.39 is 0 Å². The predicted molar refractivity (Wildman–Crippen MR) is 88.3 cm³/mol. The molecule has 102 valence electrons. The Hall–Kier alpha value is -1.59. The van der Waals surface area contributed by atoms with E-state index in [4.69, 9.17) is 4.74 Å². The number of thiazole rings is 1. The first-order valence-corrected chi connectivity index (χ1v) is 7.74. The van der Waals surface area contributed by atoms with Gasteiger partial charge in [0.2, 0.25) is 0 Å². The van der Waals surface area contributed by atoms with E-state index in [9.17, 15) is 0 Å². The van der Waals surface area contributed by atoms with Gasteiger partial charge in [0, 0.05) is 10.2 Å². The number of benzene rings is 2. The van der Waals surface area contributed by atoms with Crippen LogP contribution in [0.2, 0.25) is 0 Å². The number of anilines is 2. The number of fused-ring (bicyclic) bond motifs is 1. The highest BCUT2D eigenvalue weighted by Gasteiger charge is 2.06. The summed E-state index contributed by atoms with van der Waals surface area (Å²) in [6.45, 7) is 2.05. The van der Waals surface area contributed by atoms with Crippen LogP contribution < -0.4 is 10.1 Å². The minimum atomic E-state index is 0.862. The van der Waals surface area contributed by atoms with Gasteiger partial charge in [0.1, 0.15) is 5.75 Å². The fraction of sp³-hybridized carbons (Fsp3) is 0.133. The first kappa shape index (κ1) is 13.4. The van der Waals surface area contributed by atoms with Crippen LogP contribution >= 0.6 is 27.3 Å². The first-order valence-electron chi connectivity index (χ1n) is 6.13. The normalized spacial score (nSPS) is 10.8. The Labute approximate surface area is 129 Å². The molecule has 0 aliphatic carbocycles. The zero-order valence-electron chi connectivity index (χ0n) is 11.1. The van der Waals surface area contributed by atoms with E-state index in [1.165, 1.54) is 4.70 Å². The number of nitrogens with one attached hydrogen (secondary N) is 1. The number of methoxy groups -OCH3 is 1. The van der Waals surface area contributed by atoms with Crippen molar-refractivity contribution < 1.29 is 4.74 Å². The van der Waals surface area contributed by atoms with Gasteiger partial charge in [-0.15, -0.1) is 0 Å². The maximum absolute atomic E-state index is 5.22. The molecule has 0 aliphatic rings. The van der Waals surface area contributed by atoms with Gasteiger partial charge in [0.05, 0.1) is 17.3 Å². The summed E-state index contributed by atoms with van der Waals surface area (Å²) in [5.74, 6) is 0.862. The molecule has 0 fully saturated rings. The number of hydrogen-bond acceptors (Lipinski definition) is 4. The van der Waals surface area contributed by atoms with Crippen LogP contribution in [0, 0.1) is 6.92 Å². The van der Waals surface area contributed by atoms with Crippen molar-refractivity contribution in [1.82, 2.24) is 4.98 Å². The van der Waals surface area contributed by atoms with Crippen molar-refractivity contribution in [3.05, 3.63) is 46.4 Å². The van der Waals surface area contributed by atoms with E-state index in [-0.39, 0.29) is 0 Å². The minimum Gasteiger partial charge on any atom is -0.497 e. The van der Waals surface area contributed by atoms with Crippen LogP contribution in [0.25, 0.3) is 10.2 Å². The van der Waals surface area contributed by atoms with Crippen LogP contribution in [-0.4, -0.2) is 12.1 Å². The van der Waals surface area contributed by atoms with E-state index in [1.54, 1.807) is 18.4 Å². The zero-order valence-corrected chi connectivity index (χ0v) is 13.5. The molecule has 0 bridgehead atoms. The average molecular weight is 349 g/mol. The fourth-order valence-electron chi connectivity index (χ4n) is 1.97. The molecule has 2 aromatic carbocycles. The number of aryl methyl sites for hydroxylation is 1. The summed E-state index contributed by atoms with van der Waals surface area (Å²) in [5.41, 5.74) is 3.17. The quantitative estimate of drug-likeness (QED) is 0.713. The Bertz CT molecular complexity index is 770. The van der Waals surface area contributed by atoms with E-state index >= 15 is 0 Å². The van der Waals surface area contributed by atoms with Crippen LogP contribution in [0.15, 0.2) is 40.9 Å². The van der Waals surface area contributed by atoms with Crippen molar-refractivity contribution in [3.8, 4) is 5.75 Å². The van der Waals surface area contributed by atoms with Crippen LogP contribution in [0.4, 0.5) is 10.8 Å². The van der Waals surface area contributed by atoms with E-state index in [0.29, 0.717) is 0 Å². The Balaban J connectivity index is 1.92. The van der Waals surface area contributed by atoms with E-state index in [0.717, 1.165) is 32.1 Å². The molecule has 0 saturated heterocycles. The summed E-state index contributed by atoms with van der Waals surface area (Å²) >= 11 is 5.11. The van der Waals surface area contributed by atoms with Crippen LogP contribution in [0.1, 0.15) is 5.56 Å². The van der Waals surface area contributed by atoms with Gasteiger partial charge in [0.15, 0.2) is 5.13 Å². The molecule has 0 radical (unpaired) electrons. The molecule has 1 heterocycles. The number of ether oxygens (including phenoxy) is 1.